The molecular weight excluding hydrogens is 377 g/mol. The zero-order valence-electron chi connectivity index (χ0n) is 14.6. The van der Waals surface area contributed by atoms with Gasteiger partial charge in [-0.1, -0.05) is 36.4 Å². The molecule has 0 fully saturated rings. The highest BCUT2D eigenvalue weighted by molar-refractivity contribution is 7.10. The van der Waals surface area contributed by atoms with Crippen LogP contribution in [0.5, 0.6) is 0 Å². The molecule has 2 amide bonds. The van der Waals surface area contributed by atoms with Crippen molar-refractivity contribution in [1.29, 1.82) is 0 Å². The van der Waals surface area contributed by atoms with Crippen LogP contribution in [0.4, 0.5) is 4.39 Å². The van der Waals surface area contributed by atoms with Gasteiger partial charge in [0.1, 0.15) is 11.5 Å². The van der Waals surface area contributed by atoms with Gasteiger partial charge in [-0.3, -0.25) is 9.59 Å². The average Bonchev–Trinajstić information content (AvgIpc) is 3.22. The van der Waals surface area contributed by atoms with Crippen molar-refractivity contribution in [2.45, 2.75) is 0 Å². The van der Waals surface area contributed by atoms with Crippen molar-refractivity contribution < 1.29 is 14.0 Å². The van der Waals surface area contributed by atoms with Crippen LogP contribution in [0, 0.1) is 5.82 Å². The number of hydrogen-bond donors (Lipinski definition) is 2. The fraction of sp³-hybridized carbons (Fsp3) is 0. The minimum atomic E-state index is -0.573. The van der Waals surface area contributed by atoms with Gasteiger partial charge < -0.3 is 5.32 Å². The van der Waals surface area contributed by atoms with E-state index >= 15 is 0 Å². The molecule has 5 nitrogen and oxygen atoms in total. The molecule has 28 heavy (non-hydrogen) atoms. The first kappa shape index (κ1) is 19.2. The second-order valence-electron chi connectivity index (χ2n) is 5.64. The van der Waals surface area contributed by atoms with Gasteiger partial charge in [-0.25, -0.2) is 9.82 Å². The van der Waals surface area contributed by atoms with Crippen LogP contribution >= 0.6 is 11.3 Å². The molecule has 0 bridgehead atoms. The Bertz CT molecular complexity index is 998. The lowest BCUT2D eigenvalue weighted by atomic mass is 10.2. The van der Waals surface area contributed by atoms with Crippen LogP contribution in [0.3, 0.4) is 0 Å². The van der Waals surface area contributed by atoms with E-state index in [2.05, 4.69) is 15.8 Å². The lowest BCUT2D eigenvalue weighted by Gasteiger charge is -2.08. The summed E-state index contributed by atoms with van der Waals surface area (Å²) in [6.07, 6.45) is 2.97. The molecule has 0 saturated carbocycles. The summed E-state index contributed by atoms with van der Waals surface area (Å²) < 4.78 is 12.9. The SMILES string of the molecule is O=C(N/N=C/c1ccc(F)cc1)/C(=C\c1cccs1)NC(=O)c1ccccc1. The standard InChI is InChI=1S/C21H16FN3O2S/c22-17-10-8-15(9-11-17)14-23-25-21(27)19(13-18-7-4-12-28-18)24-20(26)16-5-2-1-3-6-16/h1-14H,(H,24,26)(H,25,27)/b19-13+,23-14+. The molecule has 2 N–H and O–H groups in total. The molecule has 0 spiro atoms. The Morgan fingerprint density at radius 1 is 0.964 bits per heavy atom. The number of rotatable bonds is 6. The van der Waals surface area contributed by atoms with Gasteiger partial charge in [0.05, 0.1) is 6.21 Å². The lowest BCUT2D eigenvalue weighted by molar-refractivity contribution is -0.117. The Morgan fingerprint density at radius 2 is 1.71 bits per heavy atom. The molecule has 3 rings (SSSR count). The molecule has 2 aromatic carbocycles. The summed E-state index contributed by atoms with van der Waals surface area (Å²) in [7, 11) is 0. The number of hydrogen-bond acceptors (Lipinski definition) is 4. The molecule has 0 aliphatic carbocycles. The van der Waals surface area contributed by atoms with Crippen LogP contribution in [0.2, 0.25) is 0 Å². The number of halogens is 1. The highest BCUT2D eigenvalue weighted by Crippen LogP contribution is 2.13. The molecule has 140 valence electrons. The van der Waals surface area contributed by atoms with E-state index in [1.165, 1.54) is 41.8 Å². The molecule has 3 aromatic rings. The van der Waals surface area contributed by atoms with E-state index in [0.29, 0.717) is 11.1 Å². The fourth-order valence-corrected chi connectivity index (χ4v) is 2.89. The predicted molar refractivity (Wildman–Crippen MR) is 108 cm³/mol. The van der Waals surface area contributed by atoms with Crippen LogP contribution < -0.4 is 10.7 Å². The van der Waals surface area contributed by atoms with E-state index in [4.69, 9.17) is 0 Å². The maximum Gasteiger partial charge on any atom is 0.287 e. The van der Waals surface area contributed by atoms with Crippen molar-refractivity contribution in [2.24, 2.45) is 5.10 Å². The summed E-state index contributed by atoms with van der Waals surface area (Å²) in [5.41, 5.74) is 3.49. The number of nitrogens with one attached hydrogen (secondary N) is 2. The topological polar surface area (TPSA) is 70.6 Å². The number of thiophene rings is 1. The highest BCUT2D eigenvalue weighted by atomic mass is 32.1. The van der Waals surface area contributed by atoms with Crippen LogP contribution in [0.1, 0.15) is 20.8 Å². The van der Waals surface area contributed by atoms with Crippen LogP contribution in [0.25, 0.3) is 6.08 Å². The maximum atomic E-state index is 12.9. The molecule has 0 aliphatic heterocycles. The smallest absolute Gasteiger partial charge is 0.287 e. The minimum absolute atomic E-state index is 0.0626. The number of benzene rings is 2. The molecule has 1 aromatic heterocycles. The Morgan fingerprint density at radius 3 is 2.39 bits per heavy atom. The van der Waals surface area contributed by atoms with Gasteiger partial charge in [0.25, 0.3) is 11.8 Å². The summed E-state index contributed by atoms with van der Waals surface area (Å²) in [6, 6.07) is 17.9. The number of carbonyl (C=O) groups excluding carboxylic acids is 2. The molecule has 7 heteroatoms. The highest BCUT2D eigenvalue weighted by Gasteiger charge is 2.14. The van der Waals surface area contributed by atoms with Crippen molar-refractivity contribution in [3.63, 3.8) is 0 Å². The summed E-state index contributed by atoms with van der Waals surface area (Å²) in [5.74, 6) is -1.33. The van der Waals surface area contributed by atoms with E-state index in [0.717, 1.165) is 4.88 Å². The number of hydrazone groups is 1. The number of amides is 2. The molecule has 0 radical (unpaired) electrons. The van der Waals surface area contributed by atoms with E-state index in [-0.39, 0.29) is 11.5 Å². The van der Waals surface area contributed by atoms with E-state index in [1.54, 1.807) is 36.4 Å². The first-order chi connectivity index (χ1) is 13.6. The van der Waals surface area contributed by atoms with Crippen LogP contribution in [-0.2, 0) is 4.79 Å². The second-order valence-corrected chi connectivity index (χ2v) is 6.62. The van der Waals surface area contributed by atoms with Crippen molar-refractivity contribution in [3.05, 3.63) is 99.6 Å². The summed E-state index contributed by atoms with van der Waals surface area (Å²) in [5, 5.41) is 8.35. The summed E-state index contributed by atoms with van der Waals surface area (Å²) in [4.78, 5) is 25.7. The molecule has 1 heterocycles. The summed E-state index contributed by atoms with van der Waals surface area (Å²) >= 11 is 1.43. The van der Waals surface area contributed by atoms with Crippen molar-refractivity contribution in [1.82, 2.24) is 10.7 Å². The van der Waals surface area contributed by atoms with Gasteiger partial charge >= 0.3 is 0 Å². The summed E-state index contributed by atoms with van der Waals surface area (Å²) in [6.45, 7) is 0. The normalized spacial score (nSPS) is 11.4. The number of nitrogens with zero attached hydrogens (tertiary/aromatic N) is 1. The first-order valence-corrected chi connectivity index (χ1v) is 9.20. The van der Waals surface area contributed by atoms with E-state index in [9.17, 15) is 14.0 Å². The Balaban J connectivity index is 1.73. The van der Waals surface area contributed by atoms with Gasteiger partial charge in [-0.2, -0.15) is 5.10 Å². The Hall–Kier alpha value is -3.58. The minimum Gasteiger partial charge on any atom is -0.317 e. The lowest BCUT2D eigenvalue weighted by Crippen LogP contribution is -2.32. The third kappa shape index (κ3) is 5.46. The van der Waals surface area contributed by atoms with Gasteiger partial charge in [-0.05, 0) is 47.4 Å². The van der Waals surface area contributed by atoms with Crippen LogP contribution in [-0.4, -0.2) is 18.0 Å². The fourth-order valence-electron chi connectivity index (χ4n) is 2.23. The molecule has 0 aliphatic rings. The molecule has 0 saturated heterocycles. The average molecular weight is 393 g/mol. The third-order valence-electron chi connectivity index (χ3n) is 3.61. The first-order valence-electron chi connectivity index (χ1n) is 8.32. The van der Waals surface area contributed by atoms with Crippen molar-refractivity contribution in [2.75, 3.05) is 0 Å². The number of carbonyl (C=O) groups is 2. The Labute approximate surface area is 165 Å². The van der Waals surface area contributed by atoms with Crippen molar-refractivity contribution >= 4 is 35.4 Å². The van der Waals surface area contributed by atoms with Gasteiger partial charge in [0, 0.05) is 10.4 Å². The van der Waals surface area contributed by atoms with Crippen LogP contribution in [0.15, 0.2) is 82.9 Å². The quantitative estimate of drug-likeness (QED) is 0.380. The predicted octanol–water partition coefficient (Wildman–Crippen LogP) is 3.81. The van der Waals surface area contributed by atoms with Gasteiger partial charge in [0.2, 0.25) is 0 Å². The second kappa shape index (κ2) is 9.38. The van der Waals surface area contributed by atoms with Crippen molar-refractivity contribution in [3.8, 4) is 0 Å². The Kier molecular flexibility index (Phi) is 6.43. The third-order valence-corrected chi connectivity index (χ3v) is 4.43. The largest absolute Gasteiger partial charge is 0.317 e. The molecular formula is C21H16FN3O2S. The van der Waals surface area contributed by atoms with Gasteiger partial charge in [0.15, 0.2) is 0 Å². The van der Waals surface area contributed by atoms with E-state index < -0.39 is 11.8 Å². The van der Waals surface area contributed by atoms with Gasteiger partial charge in [-0.15, -0.1) is 11.3 Å². The zero-order valence-corrected chi connectivity index (χ0v) is 15.4. The van der Waals surface area contributed by atoms with E-state index in [1.807, 2.05) is 17.5 Å². The zero-order chi connectivity index (χ0) is 19.8. The monoisotopic (exact) mass is 393 g/mol. The molecule has 0 atom stereocenters. The maximum absolute atomic E-state index is 12.9. The molecule has 0 unspecified atom stereocenters.